The molecule has 0 atom stereocenters. The molecule has 0 saturated heterocycles. The minimum absolute atomic E-state index is 0. The molecule has 24 heavy (non-hydrogen) atoms. The Morgan fingerprint density at radius 1 is 0.500 bits per heavy atom. The van der Waals surface area contributed by atoms with E-state index in [9.17, 15) is 0 Å². The normalized spacial score (nSPS) is 9.75. The van der Waals surface area contributed by atoms with E-state index < -0.39 is 12.6 Å². The maximum absolute atomic E-state index is 8.95. The van der Waals surface area contributed by atoms with Crippen molar-refractivity contribution in [3.63, 3.8) is 0 Å². The van der Waals surface area contributed by atoms with Gasteiger partial charge in [0, 0.05) is 116 Å². The Morgan fingerprint density at radius 3 is 0.958 bits per heavy atom. The molecule has 0 bridgehead atoms. The quantitative estimate of drug-likeness (QED) is 0.304. The van der Waals surface area contributed by atoms with Crippen LogP contribution in [0, 0.1) is 0 Å². The topological polar surface area (TPSA) is 106 Å². The van der Waals surface area contributed by atoms with Crippen LogP contribution in [0.15, 0.2) is 58.8 Å². The fraction of sp³-hybridized carbons (Fsp3) is 0.143. The van der Waals surface area contributed by atoms with Crippen molar-refractivity contribution in [1.82, 2.24) is 0 Å². The molecule has 120 valence electrons. The summed E-state index contributed by atoms with van der Waals surface area (Å²) < 4.78 is 0. The van der Waals surface area contributed by atoms with Crippen LogP contribution < -0.4 is 0 Å². The first kappa shape index (κ1) is 30.2. The number of benzene rings is 2. The maximum Gasteiger partial charge on any atom is 0.178 e. The second-order valence-corrected chi connectivity index (χ2v) is 4.13. The van der Waals surface area contributed by atoms with Crippen LogP contribution in [0.4, 0.5) is 11.4 Å². The molecule has 0 aliphatic rings. The second kappa shape index (κ2) is 15.5. The summed E-state index contributed by atoms with van der Waals surface area (Å²) in [5.41, 5.74) is 1.90. The van der Waals surface area contributed by atoms with Crippen LogP contribution in [-0.2, 0) is 105 Å². The molecular formula is C14H14N2O4Zr4. The van der Waals surface area contributed by atoms with Gasteiger partial charge in [-0.05, 0) is 24.3 Å². The van der Waals surface area contributed by atoms with Crippen molar-refractivity contribution in [3.8, 4) is 0 Å². The second-order valence-electron chi connectivity index (χ2n) is 4.13. The average molecular weight is 639 g/mol. The molecule has 0 radical (unpaired) electrons. The Labute approximate surface area is 216 Å². The molecule has 0 aliphatic heterocycles. The molecule has 0 unspecified atom stereocenters. The summed E-state index contributed by atoms with van der Waals surface area (Å²) in [6, 6.07) is 12.6. The van der Waals surface area contributed by atoms with Crippen molar-refractivity contribution in [2.75, 3.05) is 0 Å². The molecule has 0 amide bonds. The monoisotopic (exact) mass is 634 g/mol. The molecule has 2 aromatic rings. The zero-order valence-electron chi connectivity index (χ0n) is 12.5. The van der Waals surface area contributed by atoms with E-state index >= 15 is 0 Å². The standard InChI is InChI=1S/C14H14N2O4.4Zr/c17-13(18)9-1-5-11(6-2-9)15-16-12-7-3-10(4-8-12)14(19)20;;;;/h1-8,13-14,17-20H;;;;. The van der Waals surface area contributed by atoms with Gasteiger partial charge >= 0.3 is 0 Å². The average Bonchev–Trinajstić information content (AvgIpc) is 2.46. The van der Waals surface area contributed by atoms with Crippen LogP contribution in [0.25, 0.3) is 0 Å². The third-order valence-electron chi connectivity index (χ3n) is 2.66. The van der Waals surface area contributed by atoms with Crippen LogP contribution in [0.3, 0.4) is 0 Å². The van der Waals surface area contributed by atoms with Gasteiger partial charge in [-0.3, -0.25) is 0 Å². The summed E-state index contributed by atoms with van der Waals surface area (Å²) >= 11 is 0. The van der Waals surface area contributed by atoms with Gasteiger partial charge in [0.1, 0.15) is 0 Å². The fourth-order valence-corrected chi connectivity index (χ4v) is 1.54. The summed E-state index contributed by atoms with van der Waals surface area (Å²) in [5, 5.41) is 43.8. The summed E-state index contributed by atoms with van der Waals surface area (Å²) in [5.74, 6) is 0. The van der Waals surface area contributed by atoms with Crippen LogP contribution in [-0.4, -0.2) is 20.4 Å². The molecule has 4 N–H and O–H groups in total. The van der Waals surface area contributed by atoms with Crippen LogP contribution in [0.5, 0.6) is 0 Å². The third kappa shape index (κ3) is 9.93. The van der Waals surface area contributed by atoms with Crippen molar-refractivity contribution in [1.29, 1.82) is 0 Å². The van der Waals surface area contributed by atoms with Gasteiger partial charge in [-0.1, -0.05) is 24.3 Å². The minimum Gasteiger partial charge on any atom is -0.364 e. The minimum atomic E-state index is -1.50. The predicted molar refractivity (Wildman–Crippen MR) is 71.4 cm³/mol. The van der Waals surface area contributed by atoms with Crippen LogP contribution in [0.1, 0.15) is 23.7 Å². The fourth-order valence-electron chi connectivity index (χ4n) is 1.54. The molecule has 0 saturated carbocycles. The molecule has 10 heteroatoms. The Hall–Kier alpha value is 1.41. The van der Waals surface area contributed by atoms with Crippen molar-refractivity contribution in [2.24, 2.45) is 10.2 Å². The van der Waals surface area contributed by atoms with E-state index in [-0.39, 0.29) is 105 Å². The van der Waals surface area contributed by atoms with Gasteiger partial charge in [0.2, 0.25) is 0 Å². The van der Waals surface area contributed by atoms with E-state index in [1.807, 2.05) is 0 Å². The summed E-state index contributed by atoms with van der Waals surface area (Å²) in [7, 11) is 0. The Morgan fingerprint density at radius 2 is 0.750 bits per heavy atom. The Bertz CT molecular complexity index is 539. The number of rotatable bonds is 4. The predicted octanol–water partition coefficient (Wildman–Crippen LogP) is 2.06. The summed E-state index contributed by atoms with van der Waals surface area (Å²) in [4.78, 5) is 0. The van der Waals surface area contributed by atoms with Crippen molar-refractivity contribution in [2.45, 2.75) is 12.6 Å². The molecule has 2 rings (SSSR count). The molecule has 0 heterocycles. The number of aliphatic hydroxyl groups excluding tert-OH is 2. The van der Waals surface area contributed by atoms with Crippen LogP contribution in [0.2, 0.25) is 0 Å². The van der Waals surface area contributed by atoms with Gasteiger partial charge in [-0.25, -0.2) is 0 Å². The number of nitrogens with zero attached hydrogens (tertiary/aromatic N) is 2. The van der Waals surface area contributed by atoms with E-state index in [4.69, 9.17) is 20.4 Å². The van der Waals surface area contributed by atoms with E-state index in [0.717, 1.165) is 0 Å². The first-order valence-corrected chi connectivity index (χ1v) is 5.90. The molecule has 0 aromatic heterocycles. The van der Waals surface area contributed by atoms with E-state index in [0.29, 0.717) is 22.5 Å². The van der Waals surface area contributed by atoms with Crippen LogP contribution >= 0.6 is 0 Å². The van der Waals surface area contributed by atoms with E-state index in [2.05, 4.69) is 10.2 Å². The summed E-state index contributed by atoms with van der Waals surface area (Å²) in [6.07, 6.45) is -3.00. The molecular weight excluding hydrogens is 625 g/mol. The molecule has 2 aromatic carbocycles. The van der Waals surface area contributed by atoms with Gasteiger partial charge in [0.25, 0.3) is 0 Å². The molecule has 0 aliphatic carbocycles. The number of aliphatic hydroxyl groups is 4. The number of hydrogen-bond acceptors (Lipinski definition) is 6. The molecule has 0 fully saturated rings. The van der Waals surface area contributed by atoms with Gasteiger partial charge in [0.05, 0.1) is 11.4 Å². The first-order valence-electron chi connectivity index (χ1n) is 5.90. The van der Waals surface area contributed by atoms with Crippen molar-refractivity contribution < 1.29 is 125 Å². The number of hydrogen-bond donors (Lipinski definition) is 4. The zero-order valence-corrected chi connectivity index (χ0v) is 22.3. The van der Waals surface area contributed by atoms with Crippen molar-refractivity contribution >= 4 is 11.4 Å². The SMILES string of the molecule is OC(O)c1ccc(N=Nc2ccc(C(O)O)cc2)cc1.[Zr].[Zr].[Zr].[Zr]. The van der Waals surface area contributed by atoms with Gasteiger partial charge in [0.15, 0.2) is 12.6 Å². The Kier molecular flexibility index (Phi) is 19.4. The summed E-state index contributed by atoms with van der Waals surface area (Å²) in [6.45, 7) is 0. The first-order chi connectivity index (χ1) is 9.56. The van der Waals surface area contributed by atoms with E-state index in [1.165, 1.54) is 0 Å². The van der Waals surface area contributed by atoms with Crippen molar-refractivity contribution in [3.05, 3.63) is 59.7 Å². The maximum atomic E-state index is 8.95. The van der Waals surface area contributed by atoms with Gasteiger partial charge in [-0.15, -0.1) is 0 Å². The zero-order chi connectivity index (χ0) is 14.5. The largest absolute Gasteiger partial charge is 0.364 e. The molecule has 0 spiro atoms. The van der Waals surface area contributed by atoms with Gasteiger partial charge < -0.3 is 20.4 Å². The number of azo groups is 1. The Balaban J connectivity index is -0.00000110. The smallest absolute Gasteiger partial charge is 0.178 e. The van der Waals surface area contributed by atoms with Gasteiger partial charge in [-0.2, -0.15) is 10.2 Å². The third-order valence-corrected chi connectivity index (χ3v) is 2.66. The molecule has 6 nitrogen and oxygen atoms in total. The van der Waals surface area contributed by atoms with E-state index in [1.54, 1.807) is 48.5 Å².